The summed E-state index contributed by atoms with van der Waals surface area (Å²) in [4.78, 5) is 15.3. The molecule has 1 aromatic heterocycles. The average molecular weight is 299 g/mol. The van der Waals surface area contributed by atoms with Gasteiger partial charge in [-0.15, -0.1) is 5.92 Å². The molecule has 5 nitrogen and oxygen atoms in total. The first-order chi connectivity index (χ1) is 8.11. The number of aromatic nitrogens is 2. The summed E-state index contributed by atoms with van der Waals surface area (Å²) in [6.45, 7) is 1.96. The van der Waals surface area contributed by atoms with E-state index in [2.05, 4.69) is 32.8 Å². The van der Waals surface area contributed by atoms with Crippen molar-refractivity contribution >= 4 is 28.0 Å². The summed E-state index contributed by atoms with van der Waals surface area (Å²) in [6, 6.07) is 0. The van der Waals surface area contributed by atoms with Crippen molar-refractivity contribution in [3.63, 3.8) is 0 Å². The summed E-state index contributed by atoms with van der Waals surface area (Å²) in [5, 5.41) is 9.15. The summed E-state index contributed by atoms with van der Waals surface area (Å²) in [5.74, 6) is 4.44. The smallest absolute Gasteiger partial charge is 0.354 e. The molecule has 0 aliphatic rings. The highest BCUT2D eigenvalue weighted by atomic mass is 79.9. The largest absolute Gasteiger partial charge is 0.504 e. The van der Waals surface area contributed by atoms with Crippen LogP contribution in [0.25, 0.3) is 6.08 Å². The third-order valence-electron chi connectivity index (χ3n) is 1.93. The fourth-order valence-electron chi connectivity index (χ4n) is 1.22. The number of nitrogens with zero attached hydrogens (tertiary/aromatic N) is 2. The minimum atomic E-state index is -1.06. The molecular formula is C11H11BrN2O3. The van der Waals surface area contributed by atoms with E-state index in [1.807, 2.05) is 0 Å². The van der Waals surface area contributed by atoms with Crippen LogP contribution < -0.4 is 0 Å². The molecule has 0 bridgehead atoms. The van der Waals surface area contributed by atoms with Gasteiger partial charge in [-0.1, -0.05) is 5.92 Å². The highest BCUT2D eigenvalue weighted by Crippen LogP contribution is 2.18. The number of aromatic carboxylic acids is 1. The lowest BCUT2D eigenvalue weighted by molar-refractivity contribution is 0.0685. The second kappa shape index (κ2) is 6.11. The van der Waals surface area contributed by atoms with Crippen LogP contribution in [0.1, 0.15) is 23.1 Å². The number of halogens is 1. The van der Waals surface area contributed by atoms with Crippen molar-refractivity contribution in [3.05, 3.63) is 22.4 Å². The van der Waals surface area contributed by atoms with Gasteiger partial charge in [0, 0.05) is 6.08 Å². The van der Waals surface area contributed by atoms with Crippen molar-refractivity contribution in [2.75, 3.05) is 7.11 Å². The van der Waals surface area contributed by atoms with Gasteiger partial charge in [-0.05, 0) is 22.9 Å². The van der Waals surface area contributed by atoms with E-state index in [0.29, 0.717) is 10.4 Å². The quantitative estimate of drug-likeness (QED) is 0.682. The van der Waals surface area contributed by atoms with Crippen LogP contribution in [0.15, 0.2) is 11.0 Å². The molecule has 0 spiro atoms. The van der Waals surface area contributed by atoms with Gasteiger partial charge in [-0.25, -0.2) is 9.78 Å². The normalized spacial score (nSPS) is 10.1. The molecule has 6 heteroatoms. The minimum absolute atomic E-state index is 0.0768. The molecule has 0 unspecified atom stereocenters. The van der Waals surface area contributed by atoms with E-state index in [-0.39, 0.29) is 12.2 Å². The Kier molecular flexibility index (Phi) is 4.79. The molecule has 0 saturated carbocycles. The molecule has 0 atom stereocenters. The third kappa shape index (κ3) is 3.11. The molecule has 0 aromatic carbocycles. The van der Waals surface area contributed by atoms with Gasteiger partial charge in [0.15, 0.2) is 10.4 Å². The lowest BCUT2D eigenvalue weighted by Gasteiger charge is -2.01. The monoisotopic (exact) mass is 298 g/mol. The highest BCUT2D eigenvalue weighted by Gasteiger charge is 2.19. The van der Waals surface area contributed by atoms with Crippen molar-refractivity contribution in [2.45, 2.75) is 13.5 Å². The number of rotatable bonds is 4. The molecule has 1 N–H and O–H groups in total. The number of carboxylic acids is 1. The Balaban J connectivity index is 3.27. The van der Waals surface area contributed by atoms with E-state index < -0.39 is 5.97 Å². The van der Waals surface area contributed by atoms with Crippen molar-refractivity contribution in [3.8, 4) is 11.8 Å². The standard InChI is InChI=1S/C11H11BrN2O3/c1-3-4-6-14-9(10(15)16)8(5-7-17-2)13-11(14)12/h5,7H,6H2,1-2H3,(H,15,16)/b7-5+. The maximum absolute atomic E-state index is 11.2. The minimum Gasteiger partial charge on any atom is -0.504 e. The maximum atomic E-state index is 11.2. The van der Waals surface area contributed by atoms with Crippen LogP contribution in [-0.4, -0.2) is 27.7 Å². The summed E-state index contributed by atoms with van der Waals surface area (Å²) < 4.78 is 6.65. The first-order valence-corrected chi connectivity index (χ1v) is 5.49. The second-order valence-electron chi connectivity index (χ2n) is 2.97. The zero-order chi connectivity index (χ0) is 12.8. The lowest BCUT2D eigenvalue weighted by atomic mass is 10.3. The number of methoxy groups -OCH3 is 1. The molecule has 90 valence electrons. The number of imidazole rings is 1. The van der Waals surface area contributed by atoms with E-state index in [0.717, 1.165) is 0 Å². The summed E-state index contributed by atoms with van der Waals surface area (Å²) in [7, 11) is 1.48. The molecule has 17 heavy (non-hydrogen) atoms. The molecule has 0 aliphatic heterocycles. The van der Waals surface area contributed by atoms with E-state index in [1.54, 1.807) is 6.92 Å². The Morgan fingerprint density at radius 3 is 2.94 bits per heavy atom. The van der Waals surface area contributed by atoms with Crippen molar-refractivity contribution in [2.24, 2.45) is 0 Å². The van der Waals surface area contributed by atoms with Crippen LogP contribution in [0, 0.1) is 11.8 Å². The Labute approximate surface area is 107 Å². The molecule has 0 radical (unpaired) electrons. The predicted molar refractivity (Wildman–Crippen MR) is 66.4 cm³/mol. The fourth-order valence-corrected chi connectivity index (χ4v) is 1.71. The van der Waals surface area contributed by atoms with Crippen LogP contribution in [0.3, 0.4) is 0 Å². The zero-order valence-electron chi connectivity index (χ0n) is 9.40. The number of carbonyl (C=O) groups is 1. The van der Waals surface area contributed by atoms with Crippen LogP contribution in [0.5, 0.6) is 0 Å². The van der Waals surface area contributed by atoms with Crippen LogP contribution in [-0.2, 0) is 11.3 Å². The molecule has 0 saturated heterocycles. The molecule has 0 fully saturated rings. The number of ether oxygens (including phenoxy) is 1. The first-order valence-electron chi connectivity index (χ1n) is 4.70. The van der Waals surface area contributed by atoms with E-state index in [4.69, 9.17) is 9.84 Å². The van der Waals surface area contributed by atoms with Gasteiger partial charge in [0.05, 0.1) is 19.9 Å². The van der Waals surface area contributed by atoms with Crippen molar-refractivity contribution in [1.29, 1.82) is 0 Å². The van der Waals surface area contributed by atoms with Crippen molar-refractivity contribution in [1.82, 2.24) is 9.55 Å². The molecule has 1 heterocycles. The lowest BCUT2D eigenvalue weighted by Crippen LogP contribution is -2.09. The summed E-state index contributed by atoms with van der Waals surface area (Å²) in [5.41, 5.74) is 0.400. The Hall–Kier alpha value is -1.74. The second-order valence-corrected chi connectivity index (χ2v) is 3.68. The third-order valence-corrected chi connectivity index (χ3v) is 2.53. The van der Waals surface area contributed by atoms with Gasteiger partial charge >= 0.3 is 5.97 Å². The van der Waals surface area contributed by atoms with Gasteiger partial charge in [0.2, 0.25) is 0 Å². The van der Waals surface area contributed by atoms with E-state index in [9.17, 15) is 4.79 Å². The average Bonchev–Trinajstić information content (AvgIpc) is 2.60. The Morgan fingerprint density at radius 1 is 1.71 bits per heavy atom. The first kappa shape index (κ1) is 13.3. The number of hydrogen-bond donors (Lipinski definition) is 1. The Morgan fingerprint density at radius 2 is 2.41 bits per heavy atom. The van der Waals surface area contributed by atoms with Gasteiger partial charge < -0.3 is 14.4 Å². The van der Waals surface area contributed by atoms with Crippen LogP contribution in [0.4, 0.5) is 0 Å². The van der Waals surface area contributed by atoms with Crippen LogP contribution >= 0.6 is 15.9 Å². The van der Waals surface area contributed by atoms with Gasteiger partial charge in [0.1, 0.15) is 5.69 Å². The zero-order valence-corrected chi connectivity index (χ0v) is 11.0. The highest BCUT2D eigenvalue weighted by molar-refractivity contribution is 9.10. The molecule has 1 aromatic rings. The van der Waals surface area contributed by atoms with Crippen molar-refractivity contribution < 1.29 is 14.6 Å². The molecule has 1 rings (SSSR count). The predicted octanol–water partition coefficient (Wildman–Crippen LogP) is 1.98. The summed E-state index contributed by atoms with van der Waals surface area (Å²) >= 11 is 3.20. The molecular weight excluding hydrogens is 288 g/mol. The van der Waals surface area contributed by atoms with Gasteiger partial charge in [-0.3, -0.25) is 0 Å². The maximum Gasteiger partial charge on any atom is 0.354 e. The number of hydrogen-bond acceptors (Lipinski definition) is 3. The van der Waals surface area contributed by atoms with E-state index in [1.165, 1.54) is 24.0 Å². The van der Waals surface area contributed by atoms with Gasteiger partial charge in [0.25, 0.3) is 0 Å². The molecule has 0 amide bonds. The fraction of sp³-hybridized carbons (Fsp3) is 0.273. The van der Waals surface area contributed by atoms with Gasteiger partial charge in [-0.2, -0.15) is 0 Å². The van der Waals surface area contributed by atoms with Crippen LogP contribution in [0.2, 0.25) is 0 Å². The van der Waals surface area contributed by atoms with E-state index >= 15 is 0 Å². The molecule has 0 aliphatic carbocycles. The SMILES string of the molecule is CC#CCn1c(Br)nc(/C=C/OC)c1C(=O)O. The Bertz CT molecular complexity index is 509. The number of carboxylic acid groups (broad SMARTS) is 1. The topological polar surface area (TPSA) is 64.4 Å². The summed E-state index contributed by atoms with van der Waals surface area (Å²) in [6.07, 6.45) is 2.86.